The summed E-state index contributed by atoms with van der Waals surface area (Å²) in [5.41, 5.74) is 3.18. The third kappa shape index (κ3) is 2.26. The van der Waals surface area contributed by atoms with Gasteiger partial charge in [0.1, 0.15) is 17.5 Å². The molecule has 3 nitrogen and oxygen atoms in total. The molecule has 0 bridgehead atoms. The van der Waals surface area contributed by atoms with E-state index < -0.39 is 0 Å². The summed E-state index contributed by atoms with van der Waals surface area (Å²) in [5.74, 6) is 1.82. The van der Waals surface area contributed by atoms with Crippen LogP contribution in [-0.4, -0.2) is 17.0 Å². The van der Waals surface area contributed by atoms with Gasteiger partial charge < -0.3 is 5.32 Å². The monoisotopic (exact) mass is 271 g/mol. The Labute approximate surface area is 118 Å². The van der Waals surface area contributed by atoms with Crippen molar-refractivity contribution < 1.29 is 4.39 Å². The van der Waals surface area contributed by atoms with Gasteiger partial charge in [0.15, 0.2) is 0 Å². The minimum Gasteiger partial charge on any atom is -0.373 e. The summed E-state index contributed by atoms with van der Waals surface area (Å²) in [5, 5.41) is 3.09. The number of halogens is 1. The third-order valence-corrected chi connectivity index (χ3v) is 3.72. The molecule has 1 saturated carbocycles. The van der Waals surface area contributed by atoms with Crippen molar-refractivity contribution in [2.45, 2.75) is 32.6 Å². The van der Waals surface area contributed by atoms with Crippen LogP contribution in [0.2, 0.25) is 0 Å². The fraction of sp³-hybridized carbons (Fsp3) is 0.375. The summed E-state index contributed by atoms with van der Waals surface area (Å²) in [6.07, 6.45) is 2.25. The molecule has 0 amide bonds. The lowest BCUT2D eigenvalue weighted by molar-refractivity contribution is 0.630. The summed E-state index contributed by atoms with van der Waals surface area (Å²) in [6.45, 7) is 3.89. The lowest BCUT2D eigenvalue weighted by atomic mass is 10.0. The second-order valence-corrected chi connectivity index (χ2v) is 5.41. The predicted octanol–water partition coefficient (Wildman–Crippen LogP) is 3.82. The highest BCUT2D eigenvalue weighted by Gasteiger charge is 2.28. The number of aromatic nitrogens is 2. The Hall–Kier alpha value is -1.97. The maximum atomic E-state index is 14.1. The fourth-order valence-corrected chi connectivity index (χ4v) is 2.38. The Kier molecular flexibility index (Phi) is 3.16. The number of nitrogens with zero attached hydrogens (tertiary/aromatic N) is 2. The zero-order valence-corrected chi connectivity index (χ0v) is 12.0. The van der Waals surface area contributed by atoms with Gasteiger partial charge in [0.2, 0.25) is 0 Å². The SMILES string of the molecule is CNc1nc(C2CC2)nc(-c2cc(C)ccc2F)c1C. The molecule has 1 aliphatic rings. The van der Waals surface area contributed by atoms with E-state index in [2.05, 4.69) is 15.3 Å². The van der Waals surface area contributed by atoms with Crippen LogP contribution in [0.4, 0.5) is 10.2 Å². The molecule has 1 aliphatic carbocycles. The van der Waals surface area contributed by atoms with Crippen molar-refractivity contribution in [3.63, 3.8) is 0 Å². The topological polar surface area (TPSA) is 37.8 Å². The molecule has 0 radical (unpaired) electrons. The molecular weight excluding hydrogens is 253 g/mol. The number of anilines is 1. The highest BCUT2D eigenvalue weighted by Crippen LogP contribution is 2.40. The lowest BCUT2D eigenvalue weighted by Gasteiger charge is -2.13. The normalized spacial score (nSPS) is 14.4. The van der Waals surface area contributed by atoms with Crippen molar-refractivity contribution in [2.24, 2.45) is 0 Å². The third-order valence-electron chi connectivity index (χ3n) is 3.72. The van der Waals surface area contributed by atoms with Gasteiger partial charge in [-0.15, -0.1) is 0 Å². The number of nitrogens with one attached hydrogen (secondary N) is 1. The molecule has 1 aromatic heterocycles. The van der Waals surface area contributed by atoms with E-state index in [1.165, 1.54) is 6.07 Å². The molecule has 1 fully saturated rings. The highest BCUT2D eigenvalue weighted by molar-refractivity contribution is 5.69. The van der Waals surface area contributed by atoms with Crippen LogP contribution in [-0.2, 0) is 0 Å². The van der Waals surface area contributed by atoms with Gasteiger partial charge in [-0.3, -0.25) is 0 Å². The van der Waals surface area contributed by atoms with E-state index in [-0.39, 0.29) is 5.82 Å². The van der Waals surface area contributed by atoms with E-state index in [0.29, 0.717) is 17.2 Å². The van der Waals surface area contributed by atoms with Crippen LogP contribution in [0.3, 0.4) is 0 Å². The first-order valence-corrected chi connectivity index (χ1v) is 6.93. The molecular formula is C16H18FN3. The highest BCUT2D eigenvalue weighted by atomic mass is 19.1. The Bertz CT molecular complexity index is 663. The van der Waals surface area contributed by atoms with Crippen molar-refractivity contribution in [3.8, 4) is 11.3 Å². The summed E-state index contributed by atoms with van der Waals surface area (Å²) in [7, 11) is 1.84. The minimum absolute atomic E-state index is 0.235. The molecule has 4 heteroatoms. The maximum Gasteiger partial charge on any atom is 0.134 e. The molecule has 1 aromatic carbocycles. The van der Waals surface area contributed by atoms with E-state index in [0.717, 1.165) is 35.6 Å². The molecule has 1 N–H and O–H groups in total. The van der Waals surface area contributed by atoms with Gasteiger partial charge in [-0.25, -0.2) is 14.4 Å². The zero-order valence-electron chi connectivity index (χ0n) is 12.0. The number of aryl methyl sites for hydroxylation is 1. The van der Waals surface area contributed by atoms with E-state index in [9.17, 15) is 4.39 Å². The standard InChI is InChI=1S/C16H18FN3/c1-9-4-7-13(17)12(8-9)14-10(2)15(18-3)20-16(19-14)11-5-6-11/h4,7-8,11H,5-6H2,1-3H3,(H,18,19,20). The predicted molar refractivity (Wildman–Crippen MR) is 78.4 cm³/mol. The van der Waals surface area contributed by atoms with Crippen LogP contribution < -0.4 is 5.32 Å². The van der Waals surface area contributed by atoms with Gasteiger partial charge in [0.25, 0.3) is 0 Å². The Balaban J connectivity index is 2.20. The molecule has 104 valence electrons. The van der Waals surface area contributed by atoms with Crippen LogP contribution in [0.1, 0.15) is 35.7 Å². The summed E-state index contributed by atoms with van der Waals surface area (Å²) in [4.78, 5) is 9.17. The summed E-state index contributed by atoms with van der Waals surface area (Å²) < 4.78 is 14.1. The Morgan fingerprint density at radius 3 is 2.60 bits per heavy atom. The van der Waals surface area contributed by atoms with Gasteiger partial charge in [-0.2, -0.15) is 0 Å². The maximum absolute atomic E-state index is 14.1. The van der Waals surface area contributed by atoms with Crippen LogP contribution in [0.15, 0.2) is 18.2 Å². The molecule has 3 rings (SSSR count). The van der Waals surface area contributed by atoms with Gasteiger partial charge in [0.05, 0.1) is 5.69 Å². The van der Waals surface area contributed by atoms with Crippen molar-refractivity contribution in [3.05, 3.63) is 41.0 Å². The average Bonchev–Trinajstić information content (AvgIpc) is 3.26. The molecule has 1 heterocycles. The first-order valence-electron chi connectivity index (χ1n) is 6.93. The first kappa shape index (κ1) is 13.0. The molecule has 0 unspecified atom stereocenters. The van der Waals surface area contributed by atoms with Crippen LogP contribution >= 0.6 is 0 Å². The smallest absolute Gasteiger partial charge is 0.134 e. The number of rotatable bonds is 3. The Morgan fingerprint density at radius 2 is 1.95 bits per heavy atom. The quantitative estimate of drug-likeness (QED) is 0.922. The number of hydrogen-bond donors (Lipinski definition) is 1. The van der Waals surface area contributed by atoms with Gasteiger partial charge >= 0.3 is 0 Å². The molecule has 0 atom stereocenters. The zero-order chi connectivity index (χ0) is 14.3. The Morgan fingerprint density at radius 1 is 1.20 bits per heavy atom. The molecule has 2 aromatic rings. The largest absolute Gasteiger partial charge is 0.373 e. The van der Waals surface area contributed by atoms with E-state index in [1.54, 1.807) is 6.07 Å². The van der Waals surface area contributed by atoms with Gasteiger partial charge in [-0.05, 0) is 38.8 Å². The van der Waals surface area contributed by atoms with Crippen molar-refractivity contribution >= 4 is 5.82 Å². The number of benzene rings is 1. The molecule has 0 aliphatic heterocycles. The van der Waals surface area contributed by atoms with Crippen LogP contribution in [0.25, 0.3) is 11.3 Å². The molecule has 0 saturated heterocycles. The van der Waals surface area contributed by atoms with E-state index >= 15 is 0 Å². The van der Waals surface area contributed by atoms with E-state index in [4.69, 9.17) is 0 Å². The number of hydrogen-bond acceptors (Lipinski definition) is 3. The van der Waals surface area contributed by atoms with Crippen LogP contribution in [0, 0.1) is 19.7 Å². The van der Waals surface area contributed by atoms with E-state index in [1.807, 2.05) is 27.0 Å². The second kappa shape index (κ2) is 4.85. The van der Waals surface area contributed by atoms with Crippen LogP contribution in [0.5, 0.6) is 0 Å². The lowest BCUT2D eigenvalue weighted by Crippen LogP contribution is -2.05. The minimum atomic E-state index is -0.235. The van der Waals surface area contributed by atoms with Gasteiger partial charge in [-0.1, -0.05) is 11.6 Å². The summed E-state index contributed by atoms with van der Waals surface area (Å²) in [6, 6.07) is 5.12. The van der Waals surface area contributed by atoms with Crippen molar-refractivity contribution in [1.29, 1.82) is 0 Å². The second-order valence-electron chi connectivity index (χ2n) is 5.41. The summed E-state index contributed by atoms with van der Waals surface area (Å²) >= 11 is 0. The molecule has 20 heavy (non-hydrogen) atoms. The van der Waals surface area contributed by atoms with Crippen molar-refractivity contribution in [2.75, 3.05) is 12.4 Å². The molecule has 0 spiro atoms. The first-order chi connectivity index (χ1) is 9.60. The van der Waals surface area contributed by atoms with Crippen molar-refractivity contribution in [1.82, 2.24) is 9.97 Å². The van der Waals surface area contributed by atoms with Gasteiger partial charge in [0, 0.05) is 24.1 Å². The average molecular weight is 271 g/mol. The fourth-order valence-electron chi connectivity index (χ4n) is 2.38.